The van der Waals surface area contributed by atoms with Gasteiger partial charge in [-0.2, -0.15) is 0 Å². The van der Waals surface area contributed by atoms with Crippen molar-refractivity contribution in [3.63, 3.8) is 0 Å². The third-order valence-corrected chi connectivity index (χ3v) is 1.89. The number of ether oxygens (including phenoxy) is 1. The molecule has 1 rings (SSSR count). The number of methoxy groups -OCH3 is 1. The fraction of sp³-hybridized carbons (Fsp3) is 0.333. The number of nitrogens with zero attached hydrogens (tertiary/aromatic N) is 1. The minimum Gasteiger partial charge on any atom is -0.495 e. The van der Waals surface area contributed by atoms with E-state index in [9.17, 15) is 13.6 Å². The standard InChI is InChI=1S/C9H10F2N2O2/c1-4-6(15-2)3-5(9(12)14)7(13-4)8(10)11/h3,8H,1-2H3,(H2,12,14). The maximum atomic E-state index is 12.5. The summed E-state index contributed by atoms with van der Waals surface area (Å²) in [5, 5.41) is 0. The summed E-state index contributed by atoms with van der Waals surface area (Å²) in [4.78, 5) is 14.5. The second-order valence-electron chi connectivity index (χ2n) is 2.87. The molecule has 0 fully saturated rings. The van der Waals surface area contributed by atoms with Crippen molar-refractivity contribution in [1.82, 2.24) is 4.98 Å². The van der Waals surface area contributed by atoms with E-state index in [1.54, 1.807) is 0 Å². The third-order valence-electron chi connectivity index (χ3n) is 1.89. The lowest BCUT2D eigenvalue weighted by Crippen LogP contribution is -2.16. The molecule has 0 atom stereocenters. The highest BCUT2D eigenvalue weighted by Crippen LogP contribution is 2.26. The van der Waals surface area contributed by atoms with E-state index in [2.05, 4.69) is 4.98 Å². The van der Waals surface area contributed by atoms with E-state index in [-0.39, 0.29) is 17.0 Å². The number of alkyl halides is 2. The van der Waals surface area contributed by atoms with E-state index >= 15 is 0 Å². The zero-order valence-corrected chi connectivity index (χ0v) is 8.25. The van der Waals surface area contributed by atoms with E-state index in [1.807, 2.05) is 0 Å². The zero-order valence-electron chi connectivity index (χ0n) is 8.25. The Hall–Kier alpha value is -1.72. The molecule has 82 valence electrons. The molecule has 0 saturated carbocycles. The first kappa shape index (κ1) is 11.4. The Balaban J connectivity index is 3.39. The molecular formula is C9H10F2N2O2. The number of halogens is 2. The summed E-state index contributed by atoms with van der Waals surface area (Å²) in [5.74, 6) is -0.690. The van der Waals surface area contributed by atoms with Gasteiger partial charge in [0.15, 0.2) is 0 Å². The Morgan fingerprint density at radius 3 is 2.60 bits per heavy atom. The van der Waals surface area contributed by atoms with E-state index in [0.29, 0.717) is 0 Å². The number of aryl methyl sites for hydroxylation is 1. The first-order valence-electron chi connectivity index (χ1n) is 4.10. The van der Waals surface area contributed by atoms with Crippen LogP contribution in [0.2, 0.25) is 0 Å². The van der Waals surface area contributed by atoms with Gasteiger partial charge in [0.05, 0.1) is 18.4 Å². The molecule has 4 nitrogen and oxygen atoms in total. The number of nitrogens with two attached hydrogens (primary N) is 1. The van der Waals surface area contributed by atoms with Crippen molar-refractivity contribution < 1.29 is 18.3 Å². The molecular weight excluding hydrogens is 206 g/mol. The Kier molecular flexibility index (Phi) is 3.18. The van der Waals surface area contributed by atoms with Gasteiger partial charge in [-0.25, -0.2) is 13.8 Å². The van der Waals surface area contributed by atoms with Crippen LogP contribution in [0.3, 0.4) is 0 Å². The van der Waals surface area contributed by atoms with Gasteiger partial charge in [-0.15, -0.1) is 0 Å². The largest absolute Gasteiger partial charge is 0.495 e. The summed E-state index contributed by atoms with van der Waals surface area (Å²) in [6, 6.07) is 1.17. The van der Waals surface area contributed by atoms with Crippen molar-refractivity contribution >= 4 is 5.91 Å². The molecule has 0 aromatic carbocycles. The topological polar surface area (TPSA) is 65.2 Å². The number of carbonyl (C=O) groups is 1. The van der Waals surface area contributed by atoms with Crippen LogP contribution in [0.1, 0.15) is 28.2 Å². The molecule has 15 heavy (non-hydrogen) atoms. The van der Waals surface area contributed by atoms with E-state index in [0.717, 1.165) is 0 Å². The Bertz CT molecular complexity index is 394. The Labute approximate surface area is 85.1 Å². The molecule has 0 saturated heterocycles. The van der Waals surface area contributed by atoms with Gasteiger partial charge < -0.3 is 10.5 Å². The number of aromatic nitrogens is 1. The van der Waals surface area contributed by atoms with Crippen LogP contribution in [0, 0.1) is 6.92 Å². The molecule has 1 aromatic heterocycles. The molecule has 0 radical (unpaired) electrons. The minimum absolute atomic E-state index is 0.258. The molecule has 1 aromatic rings. The molecule has 0 aliphatic rings. The fourth-order valence-corrected chi connectivity index (χ4v) is 1.18. The first-order chi connectivity index (χ1) is 6.97. The monoisotopic (exact) mass is 216 g/mol. The van der Waals surface area contributed by atoms with E-state index in [4.69, 9.17) is 10.5 Å². The molecule has 1 heterocycles. The Morgan fingerprint density at radius 2 is 2.20 bits per heavy atom. The number of primary amides is 1. The normalized spacial score (nSPS) is 10.5. The Morgan fingerprint density at radius 1 is 1.60 bits per heavy atom. The second kappa shape index (κ2) is 4.20. The van der Waals surface area contributed by atoms with Gasteiger partial charge in [0.2, 0.25) is 0 Å². The summed E-state index contributed by atoms with van der Waals surface area (Å²) < 4.78 is 29.8. The number of pyridine rings is 1. The van der Waals surface area contributed by atoms with Crippen molar-refractivity contribution in [1.29, 1.82) is 0 Å². The van der Waals surface area contributed by atoms with E-state index in [1.165, 1.54) is 20.1 Å². The summed E-state index contributed by atoms with van der Waals surface area (Å²) in [6.45, 7) is 1.51. The lowest BCUT2D eigenvalue weighted by Gasteiger charge is -2.09. The van der Waals surface area contributed by atoms with Crippen molar-refractivity contribution in [3.05, 3.63) is 23.0 Å². The van der Waals surface area contributed by atoms with Gasteiger partial charge >= 0.3 is 0 Å². The molecule has 2 N–H and O–H groups in total. The van der Waals surface area contributed by atoms with Crippen molar-refractivity contribution in [3.8, 4) is 5.75 Å². The predicted molar refractivity (Wildman–Crippen MR) is 49.0 cm³/mol. The lowest BCUT2D eigenvalue weighted by atomic mass is 10.1. The second-order valence-corrected chi connectivity index (χ2v) is 2.87. The zero-order chi connectivity index (χ0) is 11.6. The van der Waals surface area contributed by atoms with Gasteiger partial charge in [-0.3, -0.25) is 4.79 Å². The van der Waals surface area contributed by atoms with Crippen molar-refractivity contribution in [2.45, 2.75) is 13.3 Å². The average Bonchev–Trinajstić information content (AvgIpc) is 2.16. The fourth-order valence-electron chi connectivity index (χ4n) is 1.18. The van der Waals surface area contributed by atoms with E-state index < -0.39 is 18.0 Å². The van der Waals surface area contributed by atoms with Crippen molar-refractivity contribution in [2.75, 3.05) is 7.11 Å². The van der Waals surface area contributed by atoms with Crippen LogP contribution in [0.25, 0.3) is 0 Å². The summed E-state index contributed by atoms with van der Waals surface area (Å²) >= 11 is 0. The van der Waals surface area contributed by atoms with Gasteiger partial charge in [0.25, 0.3) is 12.3 Å². The maximum absolute atomic E-state index is 12.5. The summed E-state index contributed by atoms with van der Waals surface area (Å²) in [7, 11) is 1.36. The number of rotatable bonds is 3. The lowest BCUT2D eigenvalue weighted by molar-refractivity contribution is 0.0982. The molecule has 0 spiro atoms. The molecule has 6 heteroatoms. The van der Waals surface area contributed by atoms with Crippen LogP contribution in [0.15, 0.2) is 6.07 Å². The highest BCUT2D eigenvalue weighted by molar-refractivity contribution is 5.94. The highest BCUT2D eigenvalue weighted by Gasteiger charge is 2.20. The highest BCUT2D eigenvalue weighted by atomic mass is 19.3. The van der Waals surface area contributed by atoms with Gasteiger partial charge in [-0.1, -0.05) is 0 Å². The number of carbonyl (C=O) groups excluding carboxylic acids is 1. The van der Waals surface area contributed by atoms with Crippen LogP contribution >= 0.6 is 0 Å². The first-order valence-corrected chi connectivity index (χ1v) is 4.10. The van der Waals surface area contributed by atoms with Gasteiger partial charge in [0, 0.05) is 0 Å². The quantitative estimate of drug-likeness (QED) is 0.831. The maximum Gasteiger partial charge on any atom is 0.281 e. The molecule has 1 amide bonds. The van der Waals surface area contributed by atoms with Crippen LogP contribution in [0.5, 0.6) is 5.75 Å². The van der Waals surface area contributed by atoms with Crippen LogP contribution in [-0.2, 0) is 0 Å². The number of hydrogen-bond donors (Lipinski definition) is 1. The molecule has 0 aliphatic carbocycles. The minimum atomic E-state index is -2.84. The molecule has 0 unspecified atom stereocenters. The smallest absolute Gasteiger partial charge is 0.281 e. The predicted octanol–water partition coefficient (Wildman–Crippen LogP) is 1.44. The third kappa shape index (κ3) is 2.20. The molecule has 0 bridgehead atoms. The molecule has 0 aliphatic heterocycles. The average molecular weight is 216 g/mol. The SMILES string of the molecule is COc1cc(C(N)=O)c(C(F)F)nc1C. The van der Waals surface area contributed by atoms with Crippen LogP contribution in [-0.4, -0.2) is 18.0 Å². The number of amides is 1. The summed E-state index contributed by atoms with van der Waals surface area (Å²) in [5.41, 5.74) is 4.32. The van der Waals surface area contributed by atoms with Crippen molar-refractivity contribution in [2.24, 2.45) is 5.73 Å². The van der Waals surface area contributed by atoms with Gasteiger partial charge in [-0.05, 0) is 13.0 Å². The summed E-state index contributed by atoms with van der Waals surface area (Å²) in [6.07, 6.45) is -2.84. The van der Waals surface area contributed by atoms with Gasteiger partial charge in [0.1, 0.15) is 11.4 Å². The van der Waals surface area contributed by atoms with Crippen LogP contribution in [0.4, 0.5) is 8.78 Å². The van der Waals surface area contributed by atoms with Crippen LogP contribution < -0.4 is 10.5 Å². The number of hydrogen-bond acceptors (Lipinski definition) is 3.